The highest BCUT2D eigenvalue weighted by molar-refractivity contribution is 7.17. The van der Waals surface area contributed by atoms with E-state index in [1.54, 1.807) is 12.1 Å². The van der Waals surface area contributed by atoms with Crippen LogP contribution in [-0.2, 0) is 19.4 Å². The van der Waals surface area contributed by atoms with Crippen LogP contribution >= 0.6 is 34.5 Å². The Morgan fingerprint density at radius 1 is 0.947 bits per heavy atom. The molecule has 0 bridgehead atoms. The lowest BCUT2D eigenvalue weighted by molar-refractivity contribution is 0.0951. The molecule has 1 aliphatic rings. The molecule has 0 fully saturated rings. The number of unbranched alkanes of at least 4 members (excludes halogenated alkanes) is 4. The maximum absolute atomic E-state index is 13.3. The van der Waals surface area contributed by atoms with E-state index >= 15 is 0 Å². The maximum Gasteiger partial charge on any atom is 0.256 e. The van der Waals surface area contributed by atoms with Gasteiger partial charge in [-0.1, -0.05) is 86.1 Å². The number of aryl methyl sites for hydroxylation is 1. The normalized spacial score (nSPS) is 12.6. The zero-order valence-corrected chi connectivity index (χ0v) is 24.0. The molecule has 8 heteroatoms. The van der Waals surface area contributed by atoms with E-state index in [4.69, 9.17) is 27.9 Å². The molecule has 0 spiro atoms. The Bertz CT molecular complexity index is 1240. The Kier molecular flexibility index (Phi) is 10.5. The minimum atomic E-state index is -0.365. The summed E-state index contributed by atoms with van der Waals surface area (Å²) in [6, 6.07) is 12.9. The quantitative estimate of drug-likeness (QED) is 0.214. The third-order valence-corrected chi connectivity index (χ3v) is 8.44. The van der Waals surface area contributed by atoms with E-state index < -0.39 is 0 Å². The van der Waals surface area contributed by atoms with Crippen molar-refractivity contribution in [2.75, 3.05) is 11.9 Å². The number of benzene rings is 2. The molecule has 0 aliphatic heterocycles. The van der Waals surface area contributed by atoms with Crippen LogP contribution in [0.1, 0.15) is 88.6 Å². The molecule has 38 heavy (non-hydrogen) atoms. The van der Waals surface area contributed by atoms with E-state index in [0.717, 1.165) is 54.5 Å². The lowest BCUT2D eigenvalue weighted by atomic mass is 9.95. The SMILES string of the molecule is CCCCCCCOc1c(Cl)cc(C(=O)Nc2sc3c(c2C(=O)NCc2ccccc2)CCCC3)cc1Cl. The van der Waals surface area contributed by atoms with Gasteiger partial charge in [-0.15, -0.1) is 11.3 Å². The molecule has 2 amide bonds. The molecule has 1 heterocycles. The van der Waals surface area contributed by atoms with Gasteiger partial charge in [0, 0.05) is 17.0 Å². The van der Waals surface area contributed by atoms with Gasteiger partial charge in [-0.2, -0.15) is 0 Å². The maximum atomic E-state index is 13.3. The average molecular weight is 574 g/mol. The number of carbonyl (C=O) groups is 2. The fourth-order valence-electron chi connectivity index (χ4n) is 4.64. The van der Waals surface area contributed by atoms with E-state index in [0.29, 0.717) is 45.1 Å². The van der Waals surface area contributed by atoms with Gasteiger partial charge in [-0.3, -0.25) is 9.59 Å². The van der Waals surface area contributed by atoms with Crippen molar-refractivity contribution in [3.8, 4) is 5.75 Å². The lowest BCUT2D eigenvalue weighted by Gasteiger charge is -2.14. The topological polar surface area (TPSA) is 67.4 Å². The van der Waals surface area contributed by atoms with Gasteiger partial charge in [0.1, 0.15) is 5.00 Å². The van der Waals surface area contributed by atoms with Crippen LogP contribution in [-0.4, -0.2) is 18.4 Å². The highest BCUT2D eigenvalue weighted by Crippen LogP contribution is 2.39. The van der Waals surface area contributed by atoms with Crippen LogP contribution in [0.4, 0.5) is 5.00 Å². The predicted molar refractivity (Wildman–Crippen MR) is 157 cm³/mol. The van der Waals surface area contributed by atoms with Gasteiger partial charge in [0.25, 0.3) is 11.8 Å². The van der Waals surface area contributed by atoms with E-state index in [1.807, 2.05) is 30.3 Å². The smallest absolute Gasteiger partial charge is 0.256 e. The van der Waals surface area contributed by atoms with Gasteiger partial charge in [0.05, 0.1) is 22.2 Å². The summed E-state index contributed by atoms with van der Waals surface area (Å²) in [4.78, 5) is 27.7. The van der Waals surface area contributed by atoms with Gasteiger partial charge in [-0.25, -0.2) is 0 Å². The molecule has 0 radical (unpaired) electrons. The third kappa shape index (κ3) is 7.31. The number of rotatable bonds is 12. The molecule has 5 nitrogen and oxygen atoms in total. The van der Waals surface area contributed by atoms with Gasteiger partial charge >= 0.3 is 0 Å². The Balaban J connectivity index is 1.47. The largest absolute Gasteiger partial charge is 0.490 e. The van der Waals surface area contributed by atoms with Crippen molar-refractivity contribution < 1.29 is 14.3 Å². The van der Waals surface area contributed by atoms with Crippen LogP contribution < -0.4 is 15.4 Å². The molecular weight excluding hydrogens is 539 g/mol. The standard InChI is InChI=1S/C30H34Cl2N2O3S/c1-2-3-4-5-11-16-37-27-23(31)17-21(18-24(27)32)28(35)34-30-26(22-14-9-10-15-25(22)38-30)29(36)33-19-20-12-7-6-8-13-20/h6-8,12-13,17-18H,2-5,9-11,14-16,19H2,1H3,(H,33,36)(H,34,35). The fraction of sp³-hybridized carbons (Fsp3) is 0.400. The van der Waals surface area contributed by atoms with Crippen LogP contribution in [0, 0.1) is 0 Å². The summed E-state index contributed by atoms with van der Waals surface area (Å²) >= 11 is 14.4. The minimum absolute atomic E-state index is 0.178. The van der Waals surface area contributed by atoms with Crippen LogP contribution in [0.3, 0.4) is 0 Å². The number of fused-ring (bicyclic) bond motifs is 1. The second kappa shape index (κ2) is 14.0. The molecule has 202 valence electrons. The third-order valence-electron chi connectivity index (χ3n) is 6.68. The van der Waals surface area contributed by atoms with E-state index in [-0.39, 0.29) is 11.8 Å². The summed E-state index contributed by atoms with van der Waals surface area (Å²) in [6.07, 6.45) is 9.46. The molecule has 0 saturated heterocycles. The highest BCUT2D eigenvalue weighted by Gasteiger charge is 2.27. The van der Waals surface area contributed by atoms with Gasteiger partial charge < -0.3 is 15.4 Å². The summed E-state index contributed by atoms with van der Waals surface area (Å²) in [6.45, 7) is 3.13. The van der Waals surface area contributed by atoms with Crippen molar-refractivity contribution >= 4 is 51.4 Å². The Morgan fingerprint density at radius 2 is 1.66 bits per heavy atom. The number of halogens is 2. The summed E-state index contributed by atoms with van der Waals surface area (Å²) < 4.78 is 5.82. The number of anilines is 1. The second-order valence-electron chi connectivity index (χ2n) is 9.57. The van der Waals surface area contributed by atoms with E-state index in [2.05, 4.69) is 17.6 Å². The van der Waals surface area contributed by atoms with E-state index in [9.17, 15) is 9.59 Å². The van der Waals surface area contributed by atoms with Crippen molar-refractivity contribution in [2.24, 2.45) is 0 Å². The average Bonchev–Trinajstić information content (AvgIpc) is 3.28. The zero-order valence-electron chi connectivity index (χ0n) is 21.7. The summed E-state index contributed by atoms with van der Waals surface area (Å²) in [5.74, 6) is -0.147. The van der Waals surface area contributed by atoms with Crippen LogP contribution in [0.25, 0.3) is 0 Å². The minimum Gasteiger partial charge on any atom is -0.490 e. The molecular formula is C30H34Cl2N2O3S. The molecule has 1 aromatic heterocycles. The van der Waals surface area contributed by atoms with Gasteiger partial charge in [-0.05, 0) is 55.4 Å². The first-order chi connectivity index (χ1) is 18.5. The number of hydrogen-bond donors (Lipinski definition) is 2. The summed E-state index contributed by atoms with van der Waals surface area (Å²) in [5.41, 5.74) is 2.94. The molecule has 1 aliphatic carbocycles. The number of ether oxygens (including phenoxy) is 1. The first-order valence-electron chi connectivity index (χ1n) is 13.4. The first-order valence-corrected chi connectivity index (χ1v) is 14.9. The van der Waals surface area contributed by atoms with Crippen LogP contribution in [0.2, 0.25) is 10.0 Å². The Hall–Kier alpha value is -2.54. The zero-order chi connectivity index (χ0) is 26.9. The molecule has 0 atom stereocenters. The monoisotopic (exact) mass is 572 g/mol. The van der Waals surface area contributed by atoms with E-state index in [1.165, 1.54) is 30.6 Å². The fourth-order valence-corrected chi connectivity index (χ4v) is 6.52. The number of amides is 2. The van der Waals surface area contributed by atoms with Gasteiger partial charge in [0.15, 0.2) is 5.75 Å². The summed E-state index contributed by atoms with van der Waals surface area (Å²) in [5, 5.41) is 7.14. The number of hydrogen-bond acceptors (Lipinski definition) is 4. The van der Waals surface area contributed by atoms with Gasteiger partial charge in [0.2, 0.25) is 0 Å². The van der Waals surface area contributed by atoms with Crippen LogP contribution in [0.15, 0.2) is 42.5 Å². The molecule has 3 aromatic rings. The number of nitrogens with one attached hydrogen (secondary N) is 2. The second-order valence-corrected chi connectivity index (χ2v) is 11.5. The van der Waals surface area contributed by atoms with Crippen molar-refractivity contribution in [3.05, 3.63) is 79.6 Å². The Morgan fingerprint density at radius 3 is 2.39 bits per heavy atom. The van der Waals surface area contributed by atoms with Crippen molar-refractivity contribution in [3.63, 3.8) is 0 Å². The highest BCUT2D eigenvalue weighted by atomic mass is 35.5. The molecule has 0 saturated carbocycles. The molecule has 2 N–H and O–H groups in total. The molecule has 4 rings (SSSR count). The number of carbonyl (C=O) groups excluding carboxylic acids is 2. The molecule has 2 aromatic carbocycles. The molecule has 0 unspecified atom stereocenters. The lowest BCUT2D eigenvalue weighted by Crippen LogP contribution is -2.25. The van der Waals surface area contributed by atoms with Crippen molar-refractivity contribution in [1.82, 2.24) is 5.32 Å². The van der Waals surface area contributed by atoms with Crippen molar-refractivity contribution in [2.45, 2.75) is 71.3 Å². The van der Waals surface area contributed by atoms with Crippen molar-refractivity contribution in [1.29, 1.82) is 0 Å². The first kappa shape index (κ1) is 28.5. The number of thiophene rings is 1. The van der Waals surface area contributed by atoms with Crippen LogP contribution in [0.5, 0.6) is 5.75 Å². The predicted octanol–water partition coefficient (Wildman–Crippen LogP) is 8.47. The Labute approximate surface area is 238 Å². The summed E-state index contributed by atoms with van der Waals surface area (Å²) in [7, 11) is 0.